The van der Waals surface area contributed by atoms with Gasteiger partial charge < -0.3 is 19.5 Å². The average molecular weight is 400 g/mol. The first-order chi connectivity index (χ1) is 14.0. The van der Waals surface area contributed by atoms with Gasteiger partial charge >= 0.3 is 0 Å². The summed E-state index contributed by atoms with van der Waals surface area (Å²) in [6.07, 6.45) is 1.84. The largest absolute Gasteiger partial charge is 0.493 e. The fourth-order valence-corrected chi connectivity index (χ4v) is 3.10. The van der Waals surface area contributed by atoms with Gasteiger partial charge in [-0.05, 0) is 63.3 Å². The lowest BCUT2D eigenvalue weighted by molar-refractivity contribution is -0.132. The molecule has 2 aromatic rings. The zero-order valence-electron chi connectivity index (χ0n) is 17.9. The molecule has 1 N–H and O–H groups in total. The van der Waals surface area contributed by atoms with Crippen LogP contribution in [0.1, 0.15) is 38.3 Å². The molecular formula is C24H33NO4. The molecule has 0 fully saturated rings. The Morgan fingerprint density at radius 3 is 2.41 bits per heavy atom. The number of carbonyl (C=O) groups is 1. The fourth-order valence-electron chi connectivity index (χ4n) is 3.10. The molecule has 1 unspecified atom stereocenters. The molecular weight excluding hydrogens is 366 g/mol. The molecule has 0 aliphatic carbocycles. The Bertz CT molecular complexity index is 746. The van der Waals surface area contributed by atoms with Crippen LogP contribution < -0.4 is 14.8 Å². The van der Waals surface area contributed by atoms with Crippen molar-refractivity contribution in [2.45, 2.75) is 52.2 Å². The van der Waals surface area contributed by atoms with E-state index in [0.29, 0.717) is 31.7 Å². The number of amides is 1. The van der Waals surface area contributed by atoms with Crippen molar-refractivity contribution < 1.29 is 19.0 Å². The SMILES string of the molecule is CCOC(CCc1ccccc1)C(=O)NCCc1ccc(OC(C)C)c(OC)c1. The Morgan fingerprint density at radius 1 is 1.00 bits per heavy atom. The first-order valence-electron chi connectivity index (χ1n) is 10.3. The molecule has 158 valence electrons. The molecule has 1 amide bonds. The highest BCUT2D eigenvalue weighted by atomic mass is 16.5. The Kier molecular flexibility index (Phi) is 9.51. The molecule has 5 heteroatoms. The van der Waals surface area contributed by atoms with Crippen molar-refractivity contribution in [3.8, 4) is 11.5 Å². The zero-order valence-corrected chi connectivity index (χ0v) is 17.9. The number of hydrogen-bond acceptors (Lipinski definition) is 4. The number of ether oxygens (including phenoxy) is 3. The second-order valence-corrected chi connectivity index (χ2v) is 7.16. The summed E-state index contributed by atoms with van der Waals surface area (Å²) in [5.41, 5.74) is 2.29. The van der Waals surface area contributed by atoms with Gasteiger partial charge in [0.2, 0.25) is 5.91 Å². The molecule has 0 heterocycles. The summed E-state index contributed by atoms with van der Waals surface area (Å²) in [5.74, 6) is 1.37. The minimum atomic E-state index is -0.434. The highest BCUT2D eigenvalue weighted by Gasteiger charge is 2.18. The maximum absolute atomic E-state index is 12.6. The molecule has 0 aliphatic rings. The monoisotopic (exact) mass is 399 g/mol. The molecule has 2 aromatic carbocycles. The minimum absolute atomic E-state index is 0.0606. The van der Waals surface area contributed by atoms with Crippen molar-refractivity contribution in [3.05, 3.63) is 59.7 Å². The van der Waals surface area contributed by atoms with Crippen molar-refractivity contribution in [1.82, 2.24) is 5.32 Å². The number of aryl methyl sites for hydroxylation is 1. The van der Waals surface area contributed by atoms with Gasteiger partial charge in [-0.25, -0.2) is 0 Å². The summed E-state index contributed by atoms with van der Waals surface area (Å²) in [5, 5.41) is 3.00. The highest BCUT2D eigenvalue weighted by Crippen LogP contribution is 2.29. The van der Waals surface area contributed by atoms with E-state index in [9.17, 15) is 4.79 Å². The molecule has 0 radical (unpaired) electrons. The summed E-state index contributed by atoms with van der Waals surface area (Å²) in [6.45, 7) is 6.93. The summed E-state index contributed by atoms with van der Waals surface area (Å²) in [4.78, 5) is 12.6. The summed E-state index contributed by atoms with van der Waals surface area (Å²) in [6, 6.07) is 16.0. The van der Waals surface area contributed by atoms with Crippen molar-refractivity contribution in [2.75, 3.05) is 20.3 Å². The molecule has 2 rings (SSSR count). The van der Waals surface area contributed by atoms with Gasteiger partial charge in [0, 0.05) is 13.2 Å². The summed E-state index contributed by atoms with van der Waals surface area (Å²) >= 11 is 0. The van der Waals surface area contributed by atoms with Crippen LogP contribution in [-0.4, -0.2) is 38.4 Å². The van der Waals surface area contributed by atoms with Gasteiger partial charge in [0.15, 0.2) is 11.5 Å². The Morgan fingerprint density at radius 2 is 1.76 bits per heavy atom. The summed E-state index contributed by atoms with van der Waals surface area (Å²) < 4.78 is 16.8. The number of nitrogens with one attached hydrogen (secondary N) is 1. The van der Waals surface area contributed by atoms with E-state index in [0.717, 1.165) is 17.7 Å². The Balaban J connectivity index is 1.86. The van der Waals surface area contributed by atoms with E-state index >= 15 is 0 Å². The molecule has 1 atom stereocenters. The van der Waals surface area contributed by atoms with E-state index in [-0.39, 0.29) is 12.0 Å². The van der Waals surface area contributed by atoms with E-state index in [4.69, 9.17) is 14.2 Å². The van der Waals surface area contributed by atoms with Crippen molar-refractivity contribution in [2.24, 2.45) is 0 Å². The lowest BCUT2D eigenvalue weighted by Gasteiger charge is -2.17. The molecule has 0 saturated carbocycles. The van der Waals surface area contributed by atoms with Crippen LogP contribution in [0.5, 0.6) is 11.5 Å². The van der Waals surface area contributed by atoms with E-state index in [1.165, 1.54) is 5.56 Å². The topological polar surface area (TPSA) is 56.8 Å². The number of carbonyl (C=O) groups excluding carboxylic acids is 1. The molecule has 0 aliphatic heterocycles. The Hall–Kier alpha value is -2.53. The second kappa shape index (κ2) is 12.1. The van der Waals surface area contributed by atoms with Crippen LogP contribution in [0.4, 0.5) is 0 Å². The lowest BCUT2D eigenvalue weighted by Crippen LogP contribution is -2.37. The predicted octanol–water partition coefficient (Wildman–Crippen LogP) is 4.18. The predicted molar refractivity (Wildman–Crippen MR) is 116 cm³/mol. The van der Waals surface area contributed by atoms with Gasteiger partial charge in [0.05, 0.1) is 13.2 Å². The third kappa shape index (κ3) is 7.78. The molecule has 0 bridgehead atoms. The minimum Gasteiger partial charge on any atom is -0.493 e. The fraction of sp³-hybridized carbons (Fsp3) is 0.458. The van der Waals surface area contributed by atoms with E-state index < -0.39 is 6.10 Å². The zero-order chi connectivity index (χ0) is 21.1. The average Bonchev–Trinajstić information content (AvgIpc) is 2.72. The first kappa shape index (κ1) is 22.8. The van der Waals surface area contributed by atoms with Gasteiger partial charge in [0.1, 0.15) is 6.10 Å². The quantitative estimate of drug-likeness (QED) is 0.582. The highest BCUT2D eigenvalue weighted by molar-refractivity contribution is 5.80. The number of methoxy groups -OCH3 is 1. The van der Waals surface area contributed by atoms with Crippen LogP contribution >= 0.6 is 0 Å². The maximum atomic E-state index is 12.6. The van der Waals surface area contributed by atoms with E-state index in [1.54, 1.807) is 7.11 Å². The van der Waals surface area contributed by atoms with Gasteiger partial charge in [-0.3, -0.25) is 4.79 Å². The molecule has 29 heavy (non-hydrogen) atoms. The normalized spacial score (nSPS) is 11.9. The van der Waals surface area contributed by atoms with Crippen molar-refractivity contribution in [3.63, 3.8) is 0 Å². The Labute approximate surface area is 174 Å². The van der Waals surface area contributed by atoms with Crippen LogP contribution in [0.3, 0.4) is 0 Å². The van der Waals surface area contributed by atoms with Gasteiger partial charge in [-0.2, -0.15) is 0 Å². The first-order valence-corrected chi connectivity index (χ1v) is 10.3. The number of benzene rings is 2. The standard InChI is InChI=1S/C24H33NO4/c1-5-28-22(14-11-19-9-7-6-8-10-19)24(26)25-16-15-20-12-13-21(29-18(2)3)23(17-20)27-4/h6-10,12-13,17-18,22H,5,11,14-16H2,1-4H3,(H,25,26). The van der Waals surface area contributed by atoms with E-state index in [2.05, 4.69) is 17.4 Å². The molecule has 5 nitrogen and oxygen atoms in total. The van der Waals surface area contributed by atoms with Crippen molar-refractivity contribution >= 4 is 5.91 Å². The van der Waals surface area contributed by atoms with Crippen LogP contribution in [0.15, 0.2) is 48.5 Å². The third-order valence-electron chi connectivity index (χ3n) is 4.50. The summed E-state index contributed by atoms with van der Waals surface area (Å²) in [7, 11) is 1.63. The smallest absolute Gasteiger partial charge is 0.249 e. The van der Waals surface area contributed by atoms with Crippen LogP contribution in [0.2, 0.25) is 0 Å². The van der Waals surface area contributed by atoms with Gasteiger partial charge in [0.25, 0.3) is 0 Å². The van der Waals surface area contributed by atoms with Gasteiger partial charge in [-0.15, -0.1) is 0 Å². The number of rotatable bonds is 12. The molecule has 0 aromatic heterocycles. The molecule has 0 spiro atoms. The third-order valence-corrected chi connectivity index (χ3v) is 4.50. The molecule has 0 saturated heterocycles. The van der Waals surface area contributed by atoms with Crippen LogP contribution in [0, 0.1) is 0 Å². The maximum Gasteiger partial charge on any atom is 0.249 e. The lowest BCUT2D eigenvalue weighted by atomic mass is 10.1. The number of hydrogen-bond donors (Lipinski definition) is 1. The van der Waals surface area contributed by atoms with Crippen LogP contribution in [-0.2, 0) is 22.4 Å². The second-order valence-electron chi connectivity index (χ2n) is 7.16. The van der Waals surface area contributed by atoms with Crippen molar-refractivity contribution in [1.29, 1.82) is 0 Å². The van der Waals surface area contributed by atoms with Gasteiger partial charge in [-0.1, -0.05) is 36.4 Å². The van der Waals surface area contributed by atoms with Crippen LogP contribution in [0.25, 0.3) is 0 Å². The van der Waals surface area contributed by atoms with E-state index in [1.807, 2.05) is 57.2 Å².